The molecule has 3 saturated carbocycles. The third-order valence-electron chi connectivity index (χ3n) is 14.4. The number of hydrogen-bond donors (Lipinski definition) is 2. The summed E-state index contributed by atoms with van der Waals surface area (Å²) in [7, 11) is 2.15. The summed E-state index contributed by atoms with van der Waals surface area (Å²) in [5.41, 5.74) is 3.26. The molecule has 0 radical (unpaired) electrons. The minimum Gasteiger partial charge on any atom is -0.393 e. The molecule has 6 aliphatic carbocycles. The minimum absolute atomic E-state index is 0.0313. The number of carbonyl (C=O) groups excluding carboxylic acids is 1. The van der Waals surface area contributed by atoms with Gasteiger partial charge in [-0.15, -0.1) is 0 Å². The van der Waals surface area contributed by atoms with Gasteiger partial charge in [0.1, 0.15) is 0 Å². The molecule has 250 valence electrons. The fourth-order valence-corrected chi connectivity index (χ4v) is 11.7. The van der Waals surface area contributed by atoms with Crippen molar-refractivity contribution in [1.29, 1.82) is 0 Å². The van der Waals surface area contributed by atoms with E-state index < -0.39 is 11.0 Å². The van der Waals surface area contributed by atoms with Gasteiger partial charge >= 0.3 is 0 Å². The van der Waals surface area contributed by atoms with E-state index in [1.54, 1.807) is 0 Å². The molecule has 1 unspecified atom stereocenters. The summed E-state index contributed by atoms with van der Waals surface area (Å²) in [5.74, 6) is 0.574. The van der Waals surface area contributed by atoms with Crippen LogP contribution in [0, 0.1) is 33.5 Å². The Bertz CT molecular complexity index is 1750. The number of nitrogens with zero attached hydrogens (tertiary/aromatic N) is 1. The van der Waals surface area contributed by atoms with Crippen molar-refractivity contribution in [2.75, 3.05) is 20.1 Å². The molecule has 0 saturated heterocycles. The second kappa shape index (κ2) is 11.4. The fraction of sp³-hybridized carbons (Fsp3) is 0.477. The van der Waals surface area contributed by atoms with E-state index in [4.69, 9.17) is 0 Å². The number of Topliss-reactive ketones (excluding diaryl/α,β-unsaturated/α-hetero) is 1. The first kappa shape index (κ1) is 31.9. The maximum atomic E-state index is 15.0. The van der Waals surface area contributed by atoms with Crippen LogP contribution in [0.5, 0.6) is 0 Å². The van der Waals surface area contributed by atoms with Crippen LogP contribution < -0.4 is 0 Å². The zero-order valence-electron chi connectivity index (χ0n) is 28.9. The number of hydrogen-bond acceptors (Lipinski definition) is 4. The lowest BCUT2D eigenvalue weighted by Gasteiger charge is -2.71. The minimum atomic E-state index is -0.836. The van der Waals surface area contributed by atoms with Gasteiger partial charge in [0.05, 0.1) is 11.7 Å². The highest BCUT2D eigenvalue weighted by Gasteiger charge is 2.74. The Morgan fingerprint density at radius 2 is 1.42 bits per heavy atom. The molecule has 4 nitrogen and oxygen atoms in total. The predicted octanol–water partition coefficient (Wildman–Crippen LogP) is 8.30. The molecule has 9 rings (SSSR count). The maximum Gasteiger partial charge on any atom is 0.189 e. The highest BCUT2D eigenvalue weighted by molar-refractivity contribution is 6.10. The second-order valence-corrected chi connectivity index (χ2v) is 16.6. The van der Waals surface area contributed by atoms with Crippen LogP contribution >= 0.6 is 0 Å². The lowest BCUT2D eigenvalue weighted by molar-refractivity contribution is -0.175. The number of ketones is 1. The van der Waals surface area contributed by atoms with E-state index in [0.717, 1.165) is 73.8 Å². The normalized spacial score (nSPS) is 37.9. The van der Waals surface area contributed by atoms with Gasteiger partial charge in [-0.1, -0.05) is 117 Å². The van der Waals surface area contributed by atoms with Crippen LogP contribution in [0.3, 0.4) is 0 Å². The number of fused-ring (bicyclic) bond motifs is 1. The number of aliphatic hydroxyl groups is 2. The van der Waals surface area contributed by atoms with Crippen molar-refractivity contribution in [1.82, 2.24) is 4.90 Å². The number of rotatable bonds is 8. The first-order valence-corrected chi connectivity index (χ1v) is 18.3. The molecule has 48 heavy (non-hydrogen) atoms. The van der Waals surface area contributed by atoms with Gasteiger partial charge in [-0.05, 0) is 92.4 Å². The zero-order valence-corrected chi connectivity index (χ0v) is 28.9. The molecule has 3 aromatic rings. The van der Waals surface area contributed by atoms with Crippen LogP contribution in [-0.4, -0.2) is 52.7 Å². The predicted molar refractivity (Wildman–Crippen MR) is 192 cm³/mol. The first-order valence-electron chi connectivity index (χ1n) is 18.3. The third kappa shape index (κ3) is 4.55. The lowest BCUT2D eigenvalue weighted by atomic mass is 9.32. The zero-order chi connectivity index (χ0) is 33.4. The Hall–Kier alpha value is -3.31. The van der Waals surface area contributed by atoms with E-state index in [0.29, 0.717) is 18.9 Å². The van der Waals surface area contributed by atoms with Gasteiger partial charge in [0.2, 0.25) is 0 Å². The Balaban J connectivity index is 1.16. The number of aliphatic hydroxyl groups excluding tert-OH is 1. The Morgan fingerprint density at radius 1 is 0.792 bits per heavy atom. The fourth-order valence-electron chi connectivity index (χ4n) is 11.7. The smallest absolute Gasteiger partial charge is 0.189 e. The Labute approximate surface area is 286 Å². The van der Waals surface area contributed by atoms with Crippen LogP contribution in [0.25, 0.3) is 11.1 Å². The molecular formula is C44H51NO3. The molecule has 8 atom stereocenters. The van der Waals surface area contributed by atoms with Gasteiger partial charge in [0.15, 0.2) is 5.78 Å². The third-order valence-corrected chi connectivity index (χ3v) is 14.4. The van der Waals surface area contributed by atoms with Gasteiger partial charge in [0.25, 0.3) is 0 Å². The van der Waals surface area contributed by atoms with E-state index in [1.807, 2.05) is 30.3 Å². The summed E-state index contributed by atoms with van der Waals surface area (Å²) in [6.45, 7) is 6.33. The highest BCUT2D eigenvalue weighted by atomic mass is 16.3. The monoisotopic (exact) mass is 641 g/mol. The largest absolute Gasteiger partial charge is 0.393 e. The molecule has 2 N–H and O–H groups in total. The Morgan fingerprint density at radius 3 is 2.15 bits per heavy atom. The van der Waals surface area contributed by atoms with Crippen LogP contribution in [-0.2, 0) is 6.42 Å². The van der Waals surface area contributed by atoms with E-state index in [2.05, 4.69) is 98.6 Å². The quantitative estimate of drug-likeness (QED) is 0.192. The van der Waals surface area contributed by atoms with Crippen LogP contribution in [0.4, 0.5) is 0 Å². The van der Waals surface area contributed by atoms with Gasteiger partial charge in [-0.3, -0.25) is 4.79 Å². The Kier molecular flexibility index (Phi) is 7.56. The van der Waals surface area contributed by atoms with Crippen molar-refractivity contribution in [3.8, 4) is 11.1 Å². The number of benzene rings is 3. The van der Waals surface area contributed by atoms with Crippen molar-refractivity contribution in [2.24, 2.45) is 33.5 Å². The summed E-state index contributed by atoms with van der Waals surface area (Å²) < 4.78 is 0. The average Bonchev–Trinajstić information content (AvgIpc) is 3.37. The molecule has 2 bridgehead atoms. The first-order chi connectivity index (χ1) is 23.0. The molecule has 0 aliphatic heterocycles. The molecular weight excluding hydrogens is 590 g/mol. The molecule has 0 heterocycles. The van der Waals surface area contributed by atoms with Crippen molar-refractivity contribution < 1.29 is 15.0 Å². The number of allylic oxidation sites excluding steroid dienone is 4. The van der Waals surface area contributed by atoms with Gasteiger partial charge in [0, 0.05) is 40.5 Å². The molecule has 3 fully saturated rings. The van der Waals surface area contributed by atoms with Crippen LogP contribution in [0.1, 0.15) is 74.7 Å². The molecule has 4 heteroatoms. The number of likely N-dealkylation sites (N-methyl/N-ethyl adjacent to an activating group) is 1. The van der Waals surface area contributed by atoms with E-state index in [-0.39, 0.29) is 34.1 Å². The standard InChI is InChI=1S/C44H51NO3/c1-40-22-18-35(46)28-42(40)25-26-44(36(29-42)39(47)34-16-14-33(15-17-34)32-12-8-5-9-13-32)37(40)19-23-41(2)38(44)20-24-43(41,48)30-45(3)27-21-31-10-6-4-7-11-31/h4-17,25-26,29,35,37-38,46,48H,18-24,27-28,30H2,1-3H3/t35?,37-,38-,40-,41+,42+,43-,44-/m1/s1. The summed E-state index contributed by atoms with van der Waals surface area (Å²) in [6.07, 6.45) is 13.8. The lowest BCUT2D eigenvalue weighted by Crippen LogP contribution is -2.67. The van der Waals surface area contributed by atoms with Crippen molar-refractivity contribution in [3.05, 3.63) is 120 Å². The summed E-state index contributed by atoms with van der Waals surface area (Å²) in [4.78, 5) is 17.3. The van der Waals surface area contributed by atoms with Crippen molar-refractivity contribution in [3.63, 3.8) is 0 Å². The summed E-state index contributed by atoms with van der Waals surface area (Å²) in [6, 6.07) is 29.1. The van der Waals surface area contributed by atoms with E-state index >= 15 is 0 Å². The SMILES string of the molecule is CN(CCc1ccccc1)C[C@]1(O)CC[C@H]2[C@]34C=C[C@@]5(C=C3C(=O)c3ccc(-c6ccccc6)cc3)CC(O)CC[C@]5(C)[C@H]4CC[C@@]21C. The maximum absolute atomic E-state index is 15.0. The number of carbonyl (C=O) groups is 1. The molecule has 0 amide bonds. The van der Waals surface area contributed by atoms with Crippen LogP contribution in [0.15, 0.2) is 109 Å². The summed E-state index contributed by atoms with van der Waals surface area (Å²) >= 11 is 0. The molecule has 2 spiro atoms. The molecule has 0 aromatic heterocycles. The molecule has 6 aliphatic rings. The highest BCUT2D eigenvalue weighted by Crippen LogP contribution is 2.78. The summed E-state index contributed by atoms with van der Waals surface area (Å²) in [5, 5.41) is 23.8. The molecule has 3 aromatic carbocycles. The van der Waals surface area contributed by atoms with Crippen molar-refractivity contribution >= 4 is 5.78 Å². The van der Waals surface area contributed by atoms with Gasteiger partial charge < -0.3 is 15.1 Å². The van der Waals surface area contributed by atoms with Crippen LogP contribution in [0.2, 0.25) is 0 Å². The van der Waals surface area contributed by atoms with E-state index in [1.165, 1.54) is 5.56 Å². The second-order valence-electron chi connectivity index (χ2n) is 16.6. The topological polar surface area (TPSA) is 60.8 Å². The van der Waals surface area contributed by atoms with Gasteiger partial charge in [-0.25, -0.2) is 0 Å². The van der Waals surface area contributed by atoms with Gasteiger partial charge in [-0.2, -0.15) is 0 Å². The van der Waals surface area contributed by atoms with E-state index in [9.17, 15) is 15.0 Å². The van der Waals surface area contributed by atoms with Crippen molar-refractivity contribution in [2.45, 2.75) is 76.9 Å². The average molecular weight is 642 g/mol.